The zero-order valence-electron chi connectivity index (χ0n) is 15.6. The highest BCUT2D eigenvalue weighted by molar-refractivity contribution is 5.72. The molecule has 9 heteroatoms. The Morgan fingerprint density at radius 1 is 1.10 bits per heavy atom. The fourth-order valence-electron chi connectivity index (χ4n) is 2.54. The lowest BCUT2D eigenvalue weighted by molar-refractivity contribution is -0.137. The van der Waals surface area contributed by atoms with Crippen molar-refractivity contribution in [2.75, 3.05) is 6.61 Å². The van der Waals surface area contributed by atoms with E-state index in [1.807, 2.05) is 6.07 Å². The molecule has 0 aromatic heterocycles. The second-order valence-corrected chi connectivity index (χ2v) is 5.87. The molecule has 2 rings (SSSR count). The van der Waals surface area contributed by atoms with Crippen molar-refractivity contribution >= 4 is 12.1 Å². The number of amides is 1. The fourth-order valence-corrected chi connectivity index (χ4v) is 2.54. The highest BCUT2D eigenvalue weighted by Gasteiger charge is 2.21. The number of carboxylic acids is 1. The van der Waals surface area contributed by atoms with E-state index in [4.69, 9.17) is 14.6 Å². The second kappa shape index (κ2) is 10.8. The monoisotopic (exact) mass is 409 g/mol. The topological polar surface area (TPSA) is 94.1 Å². The van der Waals surface area contributed by atoms with E-state index < -0.39 is 31.1 Å². The predicted octanol–water partition coefficient (Wildman–Crippen LogP) is 4.13. The number of hydrogen-bond donors (Lipinski definition) is 2. The molecule has 2 N–H and O–H groups in total. The molecule has 2 aromatic rings. The third-order valence-electron chi connectivity index (χ3n) is 3.77. The maximum Gasteiger partial charge on any atom is 0.407 e. The van der Waals surface area contributed by atoms with Crippen molar-refractivity contribution in [3.63, 3.8) is 0 Å². The van der Waals surface area contributed by atoms with Crippen molar-refractivity contribution in [2.45, 2.75) is 32.6 Å². The van der Waals surface area contributed by atoms with Crippen LogP contribution < -0.4 is 14.8 Å². The highest BCUT2D eigenvalue weighted by Crippen LogP contribution is 2.32. The van der Waals surface area contributed by atoms with Gasteiger partial charge in [-0.1, -0.05) is 36.4 Å². The normalized spacial score (nSPS) is 11.6. The molecule has 0 spiro atoms. The number of benzene rings is 2. The number of carboxylic acid groups (broad SMARTS) is 1. The summed E-state index contributed by atoms with van der Waals surface area (Å²) in [7, 11) is 0. The van der Waals surface area contributed by atoms with Gasteiger partial charge in [-0.05, 0) is 30.2 Å². The third kappa shape index (κ3) is 7.28. The summed E-state index contributed by atoms with van der Waals surface area (Å²) in [6.07, 6.45) is -1.26. The lowest BCUT2D eigenvalue weighted by atomic mass is 10.0. The summed E-state index contributed by atoms with van der Waals surface area (Å²) in [5, 5.41) is 11.6. The minimum atomic E-state index is -3.04. The molecule has 0 radical (unpaired) electrons. The molecule has 0 heterocycles. The van der Waals surface area contributed by atoms with Crippen LogP contribution in [-0.4, -0.2) is 30.4 Å². The van der Waals surface area contributed by atoms with Crippen LogP contribution in [0.2, 0.25) is 0 Å². The van der Waals surface area contributed by atoms with Crippen molar-refractivity contribution in [3.8, 4) is 11.5 Å². The zero-order valence-corrected chi connectivity index (χ0v) is 15.6. The van der Waals surface area contributed by atoms with Gasteiger partial charge in [0.1, 0.15) is 6.61 Å². The number of carbonyl (C=O) groups excluding carboxylic acids is 1. The first-order chi connectivity index (χ1) is 13.9. The van der Waals surface area contributed by atoms with Crippen LogP contribution in [-0.2, 0) is 16.1 Å². The maximum absolute atomic E-state index is 12.5. The van der Waals surface area contributed by atoms with E-state index in [0.29, 0.717) is 5.56 Å². The third-order valence-corrected chi connectivity index (χ3v) is 3.77. The number of hydrogen-bond acceptors (Lipinski definition) is 5. The fraction of sp³-hybridized carbons (Fsp3) is 0.300. The number of carbonyl (C=O) groups is 2. The van der Waals surface area contributed by atoms with Gasteiger partial charge in [-0.2, -0.15) is 8.78 Å². The van der Waals surface area contributed by atoms with E-state index in [2.05, 4.69) is 10.1 Å². The summed E-state index contributed by atoms with van der Waals surface area (Å²) in [6.45, 7) is -1.19. The largest absolute Gasteiger partial charge is 0.490 e. The Morgan fingerprint density at radius 3 is 2.45 bits per heavy atom. The van der Waals surface area contributed by atoms with Crippen LogP contribution in [0.5, 0.6) is 11.5 Å². The first kappa shape index (κ1) is 21.9. The summed E-state index contributed by atoms with van der Waals surface area (Å²) in [4.78, 5) is 23.3. The molecule has 0 aliphatic rings. The van der Waals surface area contributed by atoms with Crippen LogP contribution in [0.3, 0.4) is 0 Å². The Bertz CT molecular complexity index is 816. The molecule has 29 heavy (non-hydrogen) atoms. The molecule has 0 aliphatic carbocycles. The maximum atomic E-state index is 12.5. The van der Waals surface area contributed by atoms with Gasteiger partial charge >= 0.3 is 18.7 Å². The Morgan fingerprint density at radius 2 is 1.83 bits per heavy atom. The molecule has 0 saturated heterocycles. The summed E-state index contributed by atoms with van der Waals surface area (Å²) >= 11 is 0. The minimum Gasteiger partial charge on any atom is -0.490 e. The first-order valence-electron chi connectivity index (χ1n) is 8.79. The van der Waals surface area contributed by atoms with E-state index in [1.165, 1.54) is 18.2 Å². The van der Waals surface area contributed by atoms with Gasteiger partial charge in [0.25, 0.3) is 0 Å². The van der Waals surface area contributed by atoms with Crippen molar-refractivity contribution in [1.29, 1.82) is 0 Å². The molecule has 0 fully saturated rings. The molecular weight excluding hydrogens is 388 g/mol. The summed E-state index contributed by atoms with van der Waals surface area (Å²) in [5.41, 5.74) is 1.11. The minimum absolute atomic E-state index is 0.0117. The molecule has 156 valence electrons. The van der Waals surface area contributed by atoms with Crippen LogP contribution in [0.15, 0.2) is 48.5 Å². The average Bonchev–Trinajstić information content (AvgIpc) is 2.67. The number of alkyl halides is 2. The zero-order chi connectivity index (χ0) is 21.2. The van der Waals surface area contributed by atoms with E-state index in [1.54, 1.807) is 31.2 Å². The number of halogens is 2. The molecule has 0 aliphatic heterocycles. The van der Waals surface area contributed by atoms with Gasteiger partial charge in [-0.3, -0.25) is 4.79 Å². The number of nitrogens with one attached hydrogen (secondary N) is 1. The quantitative estimate of drug-likeness (QED) is 0.613. The van der Waals surface area contributed by atoms with E-state index in [0.717, 1.165) is 5.56 Å². The molecule has 2 aromatic carbocycles. The number of aliphatic carboxylic acids is 1. The Kier molecular flexibility index (Phi) is 8.20. The van der Waals surface area contributed by atoms with Gasteiger partial charge in [-0.15, -0.1) is 0 Å². The van der Waals surface area contributed by atoms with Crippen LogP contribution >= 0.6 is 0 Å². The number of ether oxygens (including phenoxy) is 3. The molecule has 1 unspecified atom stereocenters. The first-order valence-corrected chi connectivity index (χ1v) is 8.79. The standard InChI is InChI=1S/C20H21F2NO6/c1-2-27-17-10-14(8-9-16(17)29-19(21)22)15(11-18(24)25)23-20(26)28-12-13-6-4-3-5-7-13/h3-10,15,19H,2,11-12H2,1H3,(H,23,26)(H,24,25). The molecular formula is C20H21F2NO6. The Hall–Kier alpha value is -3.36. The summed E-state index contributed by atoms with van der Waals surface area (Å²) in [5.74, 6) is -1.34. The lowest BCUT2D eigenvalue weighted by Gasteiger charge is -2.19. The van der Waals surface area contributed by atoms with Crippen LogP contribution in [0.4, 0.5) is 13.6 Å². The molecule has 1 atom stereocenters. The van der Waals surface area contributed by atoms with Gasteiger partial charge in [0, 0.05) is 0 Å². The van der Waals surface area contributed by atoms with Gasteiger partial charge in [0.2, 0.25) is 0 Å². The van der Waals surface area contributed by atoms with Crippen molar-refractivity contribution in [1.82, 2.24) is 5.32 Å². The van der Waals surface area contributed by atoms with Crippen molar-refractivity contribution in [2.24, 2.45) is 0 Å². The second-order valence-electron chi connectivity index (χ2n) is 5.87. The molecule has 1 amide bonds. The van der Waals surface area contributed by atoms with Gasteiger partial charge < -0.3 is 24.6 Å². The van der Waals surface area contributed by atoms with Crippen LogP contribution in [0.25, 0.3) is 0 Å². The van der Waals surface area contributed by atoms with E-state index >= 15 is 0 Å². The van der Waals surface area contributed by atoms with E-state index in [9.17, 15) is 18.4 Å². The van der Waals surface area contributed by atoms with Gasteiger partial charge in [-0.25, -0.2) is 4.79 Å². The van der Waals surface area contributed by atoms with Crippen LogP contribution in [0.1, 0.15) is 30.5 Å². The van der Waals surface area contributed by atoms with Crippen molar-refractivity contribution in [3.05, 3.63) is 59.7 Å². The average molecular weight is 409 g/mol. The lowest BCUT2D eigenvalue weighted by Crippen LogP contribution is -2.30. The number of rotatable bonds is 10. The van der Waals surface area contributed by atoms with Gasteiger partial charge in [0.05, 0.1) is 19.1 Å². The summed E-state index contributed by atoms with van der Waals surface area (Å²) in [6, 6.07) is 12.0. The number of alkyl carbamates (subject to hydrolysis) is 1. The van der Waals surface area contributed by atoms with Crippen molar-refractivity contribution < 1.29 is 37.7 Å². The Labute approximate surface area is 166 Å². The Balaban J connectivity index is 2.14. The SMILES string of the molecule is CCOc1cc(C(CC(=O)O)NC(=O)OCc2ccccc2)ccc1OC(F)F. The van der Waals surface area contributed by atoms with E-state index in [-0.39, 0.29) is 24.7 Å². The smallest absolute Gasteiger partial charge is 0.407 e. The predicted molar refractivity (Wildman–Crippen MR) is 99.0 cm³/mol. The molecule has 0 saturated carbocycles. The highest BCUT2D eigenvalue weighted by atomic mass is 19.3. The van der Waals surface area contributed by atoms with Crippen LogP contribution in [0, 0.1) is 0 Å². The van der Waals surface area contributed by atoms with Gasteiger partial charge in [0.15, 0.2) is 11.5 Å². The summed E-state index contributed by atoms with van der Waals surface area (Å²) < 4.78 is 39.9. The molecule has 7 nitrogen and oxygen atoms in total. The molecule has 0 bridgehead atoms.